The molecule has 6 aromatic heterocycles. The van der Waals surface area contributed by atoms with Crippen LogP contribution in [0.25, 0.3) is 54.7 Å². The third-order valence-electron chi connectivity index (χ3n) is 12.4. The molecule has 0 saturated carbocycles. The number of rotatable bonds is 0. The quantitative estimate of drug-likeness (QED) is 0.152. The molecule has 364 valence electrons. The van der Waals surface area contributed by atoms with Crippen molar-refractivity contribution >= 4 is 54.7 Å². The van der Waals surface area contributed by atoms with E-state index in [-0.39, 0.29) is 27.1 Å². The van der Waals surface area contributed by atoms with Crippen LogP contribution in [-0.2, 0) is 55.3 Å². The molecule has 0 atom stereocenters. The van der Waals surface area contributed by atoms with Crippen LogP contribution in [-0.4, -0.2) is 33.7 Å². The molecule has 0 spiro atoms. The molecule has 10 aromatic rings. The molecule has 0 saturated heterocycles. The summed E-state index contributed by atoms with van der Waals surface area (Å²) in [5, 5.41) is 15.5. The SMILES string of the molecule is CC(C)(C)c1cc2ccccc2o1.Cn1cc(C(C)(C)C)c2ccccc21.Cn1cc(C(C)(C)C)c2ccccc21.Cn1nc(C(C)(C)C)c2ccccc21.Cn1nc(C(C)(C)C)c2cccnc21. The lowest BCUT2D eigenvalue weighted by molar-refractivity contribution is 0.430. The summed E-state index contributed by atoms with van der Waals surface area (Å²) in [5.41, 5.74) is 11.6. The van der Waals surface area contributed by atoms with Crippen molar-refractivity contribution in [2.75, 3.05) is 0 Å². The summed E-state index contributed by atoms with van der Waals surface area (Å²) in [6.45, 7) is 33.1. The minimum Gasteiger partial charge on any atom is -0.461 e. The number of pyridine rings is 1. The molecule has 69 heavy (non-hydrogen) atoms. The molecule has 0 aliphatic rings. The highest BCUT2D eigenvalue weighted by Crippen LogP contribution is 2.33. The van der Waals surface area contributed by atoms with Gasteiger partial charge in [-0.2, -0.15) is 10.2 Å². The van der Waals surface area contributed by atoms with E-state index in [0.29, 0.717) is 0 Å². The third kappa shape index (κ3) is 12.1. The van der Waals surface area contributed by atoms with Gasteiger partial charge in [-0.05, 0) is 64.4 Å². The molecule has 8 heteroatoms. The fourth-order valence-corrected chi connectivity index (χ4v) is 8.64. The van der Waals surface area contributed by atoms with Gasteiger partial charge in [-0.1, -0.05) is 177 Å². The van der Waals surface area contributed by atoms with Crippen LogP contribution in [0.2, 0.25) is 0 Å². The molecular weight excluding hydrogens is 847 g/mol. The molecule has 0 N–H and O–H groups in total. The average molecular weight is 926 g/mol. The smallest absolute Gasteiger partial charge is 0.157 e. The van der Waals surface area contributed by atoms with Crippen molar-refractivity contribution < 1.29 is 4.42 Å². The lowest BCUT2D eigenvalue weighted by Crippen LogP contribution is -2.12. The number of nitrogens with zero attached hydrogens (tertiary/aromatic N) is 7. The van der Waals surface area contributed by atoms with E-state index >= 15 is 0 Å². The number of fused-ring (bicyclic) bond motifs is 5. The lowest BCUT2D eigenvalue weighted by atomic mass is 9.87. The van der Waals surface area contributed by atoms with Gasteiger partial charge in [-0.25, -0.2) is 4.98 Å². The van der Waals surface area contributed by atoms with Gasteiger partial charge < -0.3 is 13.6 Å². The van der Waals surface area contributed by atoms with E-state index in [4.69, 9.17) is 4.42 Å². The second-order valence-corrected chi connectivity index (χ2v) is 23.6. The van der Waals surface area contributed by atoms with Crippen LogP contribution in [0.15, 0.2) is 138 Å². The van der Waals surface area contributed by atoms with Gasteiger partial charge in [0.1, 0.15) is 11.3 Å². The van der Waals surface area contributed by atoms with Crippen molar-refractivity contribution in [1.29, 1.82) is 0 Å². The van der Waals surface area contributed by atoms with Crippen LogP contribution in [0.5, 0.6) is 0 Å². The zero-order valence-electron chi connectivity index (χ0n) is 45.2. The normalized spacial score (nSPS) is 12.3. The van der Waals surface area contributed by atoms with Crippen LogP contribution in [0.1, 0.15) is 132 Å². The van der Waals surface area contributed by atoms with Crippen LogP contribution in [0.3, 0.4) is 0 Å². The van der Waals surface area contributed by atoms with E-state index in [9.17, 15) is 0 Å². The van der Waals surface area contributed by atoms with Gasteiger partial charge in [0.15, 0.2) is 5.65 Å². The first-order valence-electron chi connectivity index (χ1n) is 24.4. The summed E-state index contributed by atoms with van der Waals surface area (Å²) in [7, 11) is 8.15. The number of furan rings is 1. The van der Waals surface area contributed by atoms with Gasteiger partial charge in [-0.3, -0.25) is 9.36 Å². The molecule has 0 fully saturated rings. The maximum absolute atomic E-state index is 5.73. The lowest BCUT2D eigenvalue weighted by Gasteiger charge is -2.17. The van der Waals surface area contributed by atoms with Gasteiger partial charge in [-0.15, -0.1) is 0 Å². The summed E-state index contributed by atoms with van der Waals surface area (Å²) in [4.78, 5) is 4.32. The summed E-state index contributed by atoms with van der Waals surface area (Å²) < 4.78 is 13.9. The Balaban J connectivity index is 0.000000142. The molecule has 0 unspecified atom stereocenters. The monoisotopic (exact) mass is 926 g/mol. The summed E-state index contributed by atoms with van der Waals surface area (Å²) in [6.07, 6.45) is 6.28. The summed E-state index contributed by atoms with van der Waals surface area (Å²) in [6, 6.07) is 39.8. The highest BCUT2D eigenvalue weighted by molar-refractivity contribution is 5.86. The first-order chi connectivity index (χ1) is 32.1. The van der Waals surface area contributed by atoms with E-state index < -0.39 is 0 Å². The topological polar surface area (TPSA) is 71.5 Å². The van der Waals surface area contributed by atoms with Crippen molar-refractivity contribution in [3.8, 4) is 0 Å². The molecule has 8 nitrogen and oxygen atoms in total. The van der Waals surface area contributed by atoms with Crippen molar-refractivity contribution in [3.63, 3.8) is 0 Å². The molecule has 0 bridgehead atoms. The Labute approximate surface area is 412 Å². The molecule has 0 radical (unpaired) electrons. The zero-order chi connectivity index (χ0) is 50.9. The second-order valence-electron chi connectivity index (χ2n) is 23.6. The minimum atomic E-state index is 0.0720. The fraction of sp³-hybridized carbons (Fsp3) is 0.393. The average Bonchev–Trinajstić information content (AvgIpc) is 4.10. The van der Waals surface area contributed by atoms with Crippen LogP contribution in [0, 0.1) is 0 Å². The number of aryl methyl sites for hydroxylation is 4. The van der Waals surface area contributed by atoms with Gasteiger partial charge in [0.2, 0.25) is 0 Å². The van der Waals surface area contributed by atoms with Crippen LogP contribution < -0.4 is 0 Å². The largest absolute Gasteiger partial charge is 0.461 e. The predicted molar refractivity (Wildman–Crippen MR) is 295 cm³/mol. The molecule has 0 aliphatic heterocycles. The van der Waals surface area contributed by atoms with Crippen LogP contribution >= 0.6 is 0 Å². The maximum Gasteiger partial charge on any atom is 0.157 e. The van der Waals surface area contributed by atoms with E-state index in [1.165, 1.54) is 54.9 Å². The maximum atomic E-state index is 5.73. The Hall–Kier alpha value is -6.41. The van der Waals surface area contributed by atoms with Gasteiger partial charge in [0, 0.05) is 101 Å². The van der Waals surface area contributed by atoms with E-state index in [1.54, 1.807) is 6.20 Å². The number of hydrogen-bond acceptors (Lipinski definition) is 4. The molecule has 6 heterocycles. The predicted octanol–water partition coefficient (Wildman–Crippen LogP) is 15.8. The minimum absolute atomic E-state index is 0.0720. The van der Waals surface area contributed by atoms with Crippen LogP contribution in [0.4, 0.5) is 0 Å². The molecule has 4 aromatic carbocycles. The highest BCUT2D eigenvalue weighted by atomic mass is 16.3. The van der Waals surface area contributed by atoms with E-state index in [2.05, 4.69) is 246 Å². The second kappa shape index (κ2) is 19.9. The van der Waals surface area contributed by atoms with Crippen molar-refractivity contribution in [2.24, 2.45) is 28.2 Å². The third-order valence-corrected chi connectivity index (χ3v) is 12.4. The van der Waals surface area contributed by atoms with Crippen molar-refractivity contribution in [1.82, 2.24) is 33.7 Å². The first kappa shape index (κ1) is 52.0. The summed E-state index contributed by atoms with van der Waals surface area (Å²) >= 11 is 0. The Bertz CT molecular complexity index is 2900. The van der Waals surface area contributed by atoms with Crippen molar-refractivity contribution in [3.05, 3.63) is 162 Å². The summed E-state index contributed by atoms with van der Waals surface area (Å²) in [5.74, 6) is 1.05. The van der Waals surface area contributed by atoms with Gasteiger partial charge in [0.05, 0.1) is 16.9 Å². The first-order valence-corrected chi connectivity index (χ1v) is 24.4. The Kier molecular flexibility index (Phi) is 15.0. The number of para-hydroxylation sites is 4. The Morgan fingerprint density at radius 2 is 0.826 bits per heavy atom. The molecular formula is C61H79N7O. The zero-order valence-corrected chi connectivity index (χ0v) is 45.2. The molecule has 0 amide bonds. The van der Waals surface area contributed by atoms with Gasteiger partial charge >= 0.3 is 0 Å². The molecule has 0 aliphatic carbocycles. The Morgan fingerprint density at radius 1 is 0.406 bits per heavy atom. The Morgan fingerprint density at radius 3 is 1.30 bits per heavy atom. The number of benzene rings is 4. The number of hydrogen-bond donors (Lipinski definition) is 0. The van der Waals surface area contributed by atoms with Gasteiger partial charge in [0.25, 0.3) is 0 Å². The number of aromatic nitrogens is 7. The van der Waals surface area contributed by atoms with Crippen molar-refractivity contribution in [2.45, 2.75) is 131 Å². The van der Waals surface area contributed by atoms with E-state index in [1.807, 2.05) is 47.7 Å². The highest BCUT2D eigenvalue weighted by Gasteiger charge is 2.24. The van der Waals surface area contributed by atoms with E-state index in [0.717, 1.165) is 28.1 Å². The standard InChI is InChI=1S/2C13H17N.C12H16N2.C12H14O.C11H15N3/c2*1-13(2,3)11-9-14(4)12-8-6-5-7-10(11)12;1-12(2,3)11-9-7-5-6-8-10(9)14(4)13-11;1-12(2,3)11-8-9-6-4-5-7-10(9)13-11;1-11(2,3)9-8-6-5-7-12-10(8)14(4)13-9/h2*5-9H,1-4H3;5-8H,1-4H3;4-8H,1-3H3;5-7H,1-4H3. The fourth-order valence-electron chi connectivity index (χ4n) is 8.64. The molecule has 10 rings (SSSR count).